The van der Waals surface area contributed by atoms with Crippen molar-refractivity contribution in [2.24, 2.45) is 5.92 Å². The van der Waals surface area contributed by atoms with Crippen molar-refractivity contribution in [2.75, 3.05) is 13.2 Å². The topological polar surface area (TPSA) is 46.5 Å². The van der Waals surface area contributed by atoms with Crippen LogP contribution in [-0.2, 0) is 9.53 Å². The molecule has 0 heterocycles. The summed E-state index contributed by atoms with van der Waals surface area (Å²) in [6, 6.07) is 9.57. The number of benzene rings is 1. The Morgan fingerprint density at radius 3 is 2.71 bits per heavy atom. The molecule has 0 fully saturated rings. The highest BCUT2D eigenvalue weighted by Crippen LogP contribution is 2.32. The largest absolute Gasteiger partial charge is 0.463 e. The highest BCUT2D eigenvalue weighted by molar-refractivity contribution is 9.10. The number of esters is 1. The van der Waals surface area contributed by atoms with Gasteiger partial charge in [0.15, 0.2) is 0 Å². The molecule has 0 amide bonds. The van der Waals surface area contributed by atoms with Crippen LogP contribution in [0.4, 0.5) is 4.39 Å². The molecule has 21 heavy (non-hydrogen) atoms. The molecule has 0 aliphatic rings. The van der Waals surface area contributed by atoms with Gasteiger partial charge in [-0.05, 0) is 40.8 Å². The van der Waals surface area contributed by atoms with Gasteiger partial charge in [0, 0.05) is 13.0 Å². The lowest BCUT2D eigenvalue weighted by atomic mass is 9.97. The van der Waals surface area contributed by atoms with E-state index in [-0.39, 0.29) is 25.6 Å². The van der Waals surface area contributed by atoms with Gasteiger partial charge >= 0.3 is 5.97 Å². The predicted octanol–water partition coefficient (Wildman–Crippen LogP) is 3.71. The van der Waals surface area contributed by atoms with Crippen LogP contribution in [-0.4, -0.2) is 28.9 Å². The number of alkyl halides is 2. The molecule has 3 nitrogen and oxygen atoms in total. The van der Waals surface area contributed by atoms with Gasteiger partial charge in [0.1, 0.15) is 0 Å². The molecular formula is C16H20BrFO3. The normalized spacial score (nSPS) is 15.6. The second-order valence-electron chi connectivity index (χ2n) is 4.67. The van der Waals surface area contributed by atoms with Gasteiger partial charge in [-0.3, -0.25) is 0 Å². The summed E-state index contributed by atoms with van der Waals surface area (Å²) in [7, 11) is 0. The molecule has 0 aliphatic heterocycles. The van der Waals surface area contributed by atoms with Crippen LogP contribution in [0.2, 0.25) is 0 Å². The summed E-state index contributed by atoms with van der Waals surface area (Å²) in [5, 5.41) is 9.08. The highest BCUT2D eigenvalue weighted by atomic mass is 79.9. The third-order valence-corrected chi connectivity index (χ3v) is 3.60. The molecule has 0 saturated heterocycles. The third kappa shape index (κ3) is 6.40. The molecule has 5 heteroatoms. The predicted molar refractivity (Wildman–Crippen MR) is 84.7 cm³/mol. The third-order valence-electron chi connectivity index (χ3n) is 2.95. The minimum absolute atomic E-state index is 0.0737. The Kier molecular flexibility index (Phi) is 7.61. The first-order valence-corrected chi connectivity index (χ1v) is 7.68. The molecule has 0 aromatic heterocycles. The maximum absolute atomic E-state index is 14.3. The molecule has 2 unspecified atom stereocenters. The van der Waals surface area contributed by atoms with E-state index >= 15 is 0 Å². The van der Waals surface area contributed by atoms with Gasteiger partial charge in [-0.1, -0.05) is 42.5 Å². The number of aliphatic hydroxyl groups excluding tert-OH is 1. The number of hydrogen-bond acceptors (Lipinski definition) is 3. The summed E-state index contributed by atoms with van der Waals surface area (Å²) in [5.41, 5.74) is 0.982. The summed E-state index contributed by atoms with van der Waals surface area (Å²) in [6.07, 6.45) is 3.95. The minimum Gasteiger partial charge on any atom is -0.463 e. The molecule has 0 spiro atoms. The van der Waals surface area contributed by atoms with Crippen LogP contribution < -0.4 is 0 Å². The number of halogens is 2. The van der Waals surface area contributed by atoms with Crippen LogP contribution in [0.1, 0.15) is 25.3 Å². The average Bonchev–Trinajstić information content (AvgIpc) is 2.46. The van der Waals surface area contributed by atoms with Crippen molar-refractivity contribution >= 4 is 28.0 Å². The van der Waals surface area contributed by atoms with Gasteiger partial charge < -0.3 is 9.84 Å². The fraction of sp³-hybridized carbons (Fsp3) is 0.438. The first kappa shape index (κ1) is 17.9. The molecule has 1 aromatic rings. The molecular weight excluding hydrogens is 339 g/mol. The van der Waals surface area contributed by atoms with Crippen molar-refractivity contribution in [3.05, 3.63) is 42.0 Å². The van der Waals surface area contributed by atoms with Crippen LogP contribution in [0.15, 0.2) is 36.4 Å². The Morgan fingerprint density at radius 1 is 1.48 bits per heavy atom. The molecule has 1 aromatic carbocycles. The molecule has 1 rings (SSSR count). The van der Waals surface area contributed by atoms with Gasteiger partial charge in [-0.15, -0.1) is 0 Å². The number of allylic oxidation sites excluding steroid dienone is 1. The maximum Gasteiger partial charge on any atom is 0.355 e. The van der Waals surface area contributed by atoms with Crippen molar-refractivity contribution in [2.45, 2.75) is 24.3 Å². The van der Waals surface area contributed by atoms with E-state index in [2.05, 4.69) is 15.9 Å². The molecule has 0 radical (unpaired) electrons. The van der Waals surface area contributed by atoms with Crippen LogP contribution in [0.5, 0.6) is 0 Å². The summed E-state index contributed by atoms with van der Waals surface area (Å²) in [4.78, 5) is 11.5. The smallest absolute Gasteiger partial charge is 0.355 e. The van der Waals surface area contributed by atoms with E-state index in [1.807, 2.05) is 36.4 Å². The first-order chi connectivity index (χ1) is 9.99. The lowest BCUT2D eigenvalue weighted by Gasteiger charge is -2.20. The molecule has 0 saturated carbocycles. The van der Waals surface area contributed by atoms with Crippen molar-refractivity contribution in [1.29, 1.82) is 0 Å². The van der Waals surface area contributed by atoms with Gasteiger partial charge in [0.2, 0.25) is 0 Å². The zero-order valence-electron chi connectivity index (χ0n) is 12.0. The van der Waals surface area contributed by atoms with Gasteiger partial charge in [0.25, 0.3) is 4.58 Å². The molecule has 1 N–H and O–H groups in total. The van der Waals surface area contributed by atoms with E-state index < -0.39 is 10.5 Å². The molecule has 116 valence electrons. The summed E-state index contributed by atoms with van der Waals surface area (Å²) >= 11 is 2.79. The van der Waals surface area contributed by atoms with Crippen molar-refractivity contribution in [3.63, 3.8) is 0 Å². The first-order valence-electron chi connectivity index (χ1n) is 6.88. The summed E-state index contributed by atoms with van der Waals surface area (Å²) < 4.78 is 16.8. The lowest BCUT2D eigenvalue weighted by molar-refractivity contribution is -0.151. The van der Waals surface area contributed by atoms with Crippen molar-refractivity contribution in [1.82, 2.24) is 0 Å². The zero-order chi connectivity index (χ0) is 15.7. The zero-order valence-corrected chi connectivity index (χ0v) is 13.6. The minimum atomic E-state index is -2.23. The van der Waals surface area contributed by atoms with E-state index in [0.29, 0.717) is 6.42 Å². The van der Waals surface area contributed by atoms with E-state index in [1.54, 1.807) is 13.0 Å². The van der Waals surface area contributed by atoms with Crippen LogP contribution in [0.25, 0.3) is 6.08 Å². The Labute approximate surface area is 132 Å². The standard InChI is InChI=1S/C16H20BrFO3/c1-2-21-15(20)16(17,18)12-14(10-11-19)9-8-13-6-4-3-5-7-13/h3-9,14,19H,2,10-12H2,1H3/b9-8+. The Balaban J connectivity index is 2.73. The number of rotatable bonds is 8. The van der Waals surface area contributed by atoms with Crippen molar-refractivity contribution in [3.8, 4) is 0 Å². The number of carbonyl (C=O) groups is 1. The Hall–Kier alpha value is -1.20. The monoisotopic (exact) mass is 358 g/mol. The second kappa shape index (κ2) is 8.95. The van der Waals surface area contributed by atoms with E-state index in [0.717, 1.165) is 5.56 Å². The van der Waals surface area contributed by atoms with E-state index in [1.165, 1.54) is 0 Å². The molecule has 0 bridgehead atoms. The fourth-order valence-electron chi connectivity index (χ4n) is 1.89. The van der Waals surface area contributed by atoms with Crippen LogP contribution >= 0.6 is 15.9 Å². The fourth-order valence-corrected chi connectivity index (χ4v) is 2.42. The Morgan fingerprint density at radius 2 is 2.14 bits per heavy atom. The van der Waals surface area contributed by atoms with E-state index in [4.69, 9.17) is 9.84 Å². The SMILES string of the molecule is CCOC(=O)C(F)(Br)CC(/C=C/c1ccccc1)CCO. The van der Waals surface area contributed by atoms with Gasteiger partial charge in [-0.25, -0.2) is 9.18 Å². The Bertz CT molecular complexity index is 460. The number of hydrogen-bond donors (Lipinski definition) is 1. The van der Waals surface area contributed by atoms with Gasteiger partial charge in [0.05, 0.1) is 6.61 Å². The quantitative estimate of drug-likeness (QED) is 0.569. The highest BCUT2D eigenvalue weighted by Gasteiger charge is 2.38. The van der Waals surface area contributed by atoms with Gasteiger partial charge in [-0.2, -0.15) is 0 Å². The van der Waals surface area contributed by atoms with Crippen LogP contribution in [0.3, 0.4) is 0 Å². The molecule has 2 atom stereocenters. The summed E-state index contributed by atoms with van der Waals surface area (Å²) in [6.45, 7) is 1.68. The molecule has 0 aliphatic carbocycles. The maximum atomic E-state index is 14.3. The van der Waals surface area contributed by atoms with Crippen LogP contribution in [0, 0.1) is 5.92 Å². The average molecular weight is 359 g/mol. The van der Waals surface area contributed by atoms with Crippen molar-refractivity contribution < 1.29 is 19.0 Å². The second-order valence-corrected chi connectivity index (χ2v) is 5.93. The summed E-state index contributed by atoms with van der Waals surface area (Å²) in [5.74, 6) is -1.20. The number of ether oxygens (including phenoxy) is 1. The van der Waals surface area contributed by atoms with E-state index in [9.17, 15) is 9.18 Å². The lowest BCUT2D eigenvalue weighted by Crippen LogP contribution is -2.31. The number of aliphatic hydroxyl groups is 1. The number of carbonyl (C=O) groups excluding carboxylic acids is 1.